The average Bonchev–Trinajstić information content (AvgIpc) is 2.83. The van der Waals surface area contributed by atoms with Gasteiger partial charge in [-0.3, -0.25) is 9.59 Å². The number of anilines is 3. The highest BCUT2D eigenvalue weighted by atomic mass is 16.5. The van der Waals surface area contributed by atoms with Crippen molar-refractivity contribution >= 4 is 28.9 Å². The summed E-state index contributed by atoms with van der Waals surface area (Å²) in [6.07, 6.45) is 1.83. The first-order valence-electron chi connectivity index (χ1n) is 11.1. The zero-order valence-corrected chi connectivity index (χ0v) is 19.5. The van der Waals surface area contributed by atoms with Crippen molar-refractivity contribution in [1.82, 2.24) is 0 Å². The zero-order valence-electron chi connectivity index (χ0n) is 19.5. The van der Waals surface area contributed by atoms with Gasteiger partial charge in [0.2, 0.25) is 0 Å². The van der Waals surface area contributed by atoms with Crippen molar-refractivity contribution in [2.75, 3.05) is 36.2 Å². The molecule has 0 aliphatic carbocycles. The Morgan fingerprint density at radius 2 is 1.79 bits per heavy atom. The van der Waals surface area contributed by atoms with E-state index < -0.39 is 0 Å². The molecule has 6 heteroatoms. The first-order chi connectivity index (χ1) is 15.9. The fourth-order valence-electron chi connectivity index (χ4n) is 4.37. The summed E-state index contributed by atoms with van der Waals surface area (Å²) in [5.74, 6) is 0.143. The van der Waals surface area contributed by atoms with Crippen LogP contribution in [0.25, 0.3) is 0 Å². The van der Waals surface area contributed by atoms with E-state index in [1.807, 2.05) is 44.0 Å². The normalized spacial score (nSPS) is 12.7. The van der Waals surface area contributed by atoms with Gasteiger partial charge in [-0.05, 0) is 79.8 Å². The summed E-state index contributed by atoms with van der Waals surface area (Å²) >= 11 is 0. The molecule has 2 amide bonds. The monoisotopic (exact) mass is 443 g/mol. The molecule has 4 rings (SSSR count). The Morgan fingerprint density at radius 3 is 2.52 bits per heavy atom. The van der Waals surface area contributed by atoms with E-state index >= 15 is 0 Å². The lowest BCUT2D eigenvalue weighted by Crippen LogP contribution is -2.35. The SMILES string of the molecule is CNc1cc(C)cc2c1CCCN2C(=O)c1ccc(NC(=O)c2ccccc2C)c(OC)c1. The number of nitrogens with one attached hydrogen (secondary N) is 2. The summed E-state index contributed by atoms with van der Waals surface area (Å²) in [6.45, 7) is 4.59. The van der Waals surface area contributed by atoms with Crippen molar-refractivity contribution < 1.29 is 14.3 Å². The predicted octanol–water partition coefficient (Wildman–Crippen LogP) is 5.20. The van der Waals surface area contributed by atoms with Crippen LogP contribution in [0.4, 0.5) is 17.1 Å². The number of carbonyl (C=O) groups excluding carboxylic acids is 2. The molecular formula is C27H29N3O3. The standard InChI is InChI=1S/C27H29N3O3/c1-17-14-23(28-3)21-10-7-13-30(24(21)15-17)27(32)19-11-12-22(25(16-19)33-4)29-26(31)20-9-6-5-8-18(20)2/h5-6,8-9,11-12,14-16,28H,7,10,13H2,1-4H3,(H,29,31). The van der Waals surface area contributed by atoms with Crippen molar-refractivity contribution in [2.24, 2.45) is 0 Å². The molecule has 1 heterocycles. The van der Waals surface area contributed by atoms with Gasteiger partial charge in [-0.1, -0.05) is 18.2 Å². The topological polar surface area (TPSA) is 70.7 Å². The number of carbonyl (C=O) groups is 2. The molecule has 0 fully saturated rings. The van der Waals surface area contributed by atoms with E-state index in [2.05, 4.69) is 22.8 Å². The Labute approximate surface area is 194 Å². The Hall–Kier alpha value is -3.80. The molecule has 170 valence electrons. The minimum Gasteiger partial charge on any atom is -0.495 e. The van der Waals surface area contributed by atoms with Gasteiger partial charge in [0.25, 0.3) is 11.8 Å². The van der Waals surface area contributed by atoms with E-state index in [0.717, 1.165) is 40.9 Å². The number of methoxy groups -OCH3 is 1. The van der Waals surface area contributed by atoms with E-state index in [-0.39, 0.29) is 11.8 Å². The number of benzene rings is 3. The quantitative estimate of drug-likeness (QED) is 0.569. The summed E-state index contributed by atoms with van der Waals surface area (Å²) in [5, 5.41) is 6.16. The van der Waals surface area contributed by atoms with Gasteiger partial charge in [-0.25, -0.2) is 0 Å². The minimum absolute atomic E-state index is 0.0846. The smallest absolute Gasteiger partial charge is 0.258 e. The second kappa shape index (κ2) is 9.36. The van der Waals surface area contributed by atoms with E-state index in [9.17, 15) is 9.59 Å². The Kier molecular flexibility index (Phi) is 6.36. The highest BCUT2D eigenvalue weighted by molar-refractivity contribution is 6.09. The van der Waals surface area contributed by atoms with Crippen LogP contribution in [0.5, 0.6) is 5.75 Å². The van der Waals surface area contributed by atoms with Crippen molar-refractivity contribution in [3.63, 3.8) is 0 Å². The van der Waals surface area contributed by atoms with Crippen molar-refractivity contribution in [1.29, 1.82) is 0 Å². The summed E-state index contributed by atoms with van der Waals surface area (Å²) < 4.78 is 5.52. The van der Waals surface area contributed by atoms with E-state index in [1.165, 1.54) is 7.11 Å². The molecule has 33 heavy (non-hydrogen) atoms. The van der Waals surface area contributed by atoms with Gasteiger partial charge in [0.1, 0.15) is 5.75 Å². The maximum atomic E-state index is 13.5. The van der Waals surface area contributed by atoms with Crippen molar-refractivity contribution in [2.45, 2.75) is 26.7 Å². The lowest BCUT2D eigenvalue weighted by Gasteiger charge is -2.31. The van der Waals surface area contributed by atoms with Crippen LogP contribution in [-0.2, 0) is 6.42 Å². The molecule has 3 aromatic carbocycles. The third-order valence-corrected chi connectivity index (χ3v) is 6.07. The molecule has 0 spiro atoms. The van der Waals surface area contributed by atoms with Crippen molar-refractivity contribution in [3.05, 3.63) is 82.4 Å². The predicted molar refractivity (Wildman–Crippen MR) is 133 cm³/mol. The zero-order chi connectivity index (χ0) is 23.5. The molecule has 0 unspecified atom stereocenters. The summed E-state index contributed by atoms with van der Waals surface area (Å²) in [5.41, 5.74) is 6.80. The van der Waals surface area contributed by atoms with Gasteiger partial charge in [0.15, 0.2) is 0 Å². The first-order valence-corrected chi connectivity index (χ1v) is 11.1. The second-order valence-corrected chi connectivity index (χ2v) is 8.30. The summed E-state index contributed by atoms with van der Waals surface area (Å²) in [6, 6.07) is 16.7. The summed E-state index contributed by atoms with van der Waals surface area (Å²) in [7, 11) is 3.44. The lowest BCUT2D eigenvalue weighted by molar-refractivity contribution is 0.0983. The fourth-order valence-corrected chi connectivity index (χ4v) is 4.37. The number of hydrogen-bond donors (Lipinski definition) is 2. The third-order valence-electron chi connectivity index (χ3n) is 6.07. The summed E-state index contributed by atoms with van der Waals surface area (Å²) in [4.78, 5) is 28.1. The molecule has 6 nitrogen and oxygen atoms in total. The number of rotatable bonds is 5. The molecule has 0 atom stereocenters. The number of amides is 2. The molecule has 0 radical (unpaired) electrons. The van der Waals surface area contributed by atoms with Crippen LogP contribution in [0.1, 0.15) is 43.8 Å². The van der Waals surface area contributed by atoms with Crippen LogP contribution in [0, 0.1) is 13.8 Å². The molecule has 3 aromatic rings. The van der Waals surface area contributed by atoms with E-state index in [4.69, 9.17) is 4.74 Å². The molecule has 0 saturated carbocycles. The lowest BCUT2D eigenvalue weighted by atomic mass is 9.96. The van der Waals surface area contributed by atoms with Crippen LogP contribution in [0.15, 0.2) is 54.6 Å². The molecule has 2 N–H and O–H groups in total. The van der Waals surface area contributed by atoms with Crippen molar-refractivity contribution in [3.8, 4) is 5.75 Å². The Balaban J connectivity index is 1.63. The second-order valence-electron chi connectivity index (χ2n) is 8.30. The molecule has 0 saturated heterocycles. The Bertz CT molecular complexity index is 1220. The number of hydrogen-bond acceptors (Lipinski definition) is 4. The van der Waals surface area contributed by atoms with Gasteiger partial charge in [-0.2, -0.15) is 0 Å². The third kappa shape index (κ3) is 4.42. The van der Waals surface area contributed by atoms with Crippen LogP contribution >= 0.6 is 0 Å². The number of ether oxygens (including phenoxy) is 1. The average molecular weight is 444 g/mol. The first kappa shape index (κ1) is 22.4. The molecule has 0 aromatic heterocycles. The largest absolute Gasteiger partial charge is 0.495 e. The van der Waals surface area contributed by atoms with Gasteiger partial charge < -0.3 is 20.3 Å². The fraction of sp³-hybridized carbons (Fsp3) is 0.259. The highest BCUT2D eigenvalue weighted by Crippen LogP contribution is 2.36. The van der Waals surface area contributed by atoms with Gasteiger partial charge in [0.05, 0.1) is 12.8 Å². The highest BCUT2D eigenvalue weighted by Gasteiger charge is 2.26. The van der Waals surface area contributed by atoms with Gasteiger partial charge >= 0.3 is 0 Å². The Morgan fingerprint density at radius 1 is 1.00 bits per heavy atom. The maximum absolute atomic E-state index is 13.5. The van der Waals surface area contributed by atoms with Crippen LogP contribution in [-0.4, -0.2) is 32.5 Å². The molecule has 1 aliphatic rings. The van der Waals surface area contributed by atoms with Crippen LogP contribution in [0.2, 0.25) is 0 Å². The van der Waals surface area contributed by atoms with Crippen LogP contribution < -0.4 is 20.3 Å². The van der Waals surface area contributed by atoms with E-state index in [0.29, 0.717) is 29.1 Å². The maximum Gasteiger partial charge on any atom is 0.258 e. The molecule has 1 aliphatic heterocycles. The van der Waals surface area contributed by atoms with Crippen LogP contribution in [0.3, 0.4) is 0 Å². The van der Waals surface area contributed by atoms with Gasteiger partial charge in [0, 0.05) is 36.1 Å². The van der Waals surface area contributed by atoms with E-state index in [1.54, 1.807) is 24.3 Å². The van der Waals surface area contributed by atoms with Gasteiger partial charge in [-0.15, -0.1) is 0 Å². The molecule has 0 bridgehead atoms. The minimum atomic E-state index is -0.217. The molecular weight excluding hydrogens is 414 g/mol. The number of nitrogens with zero attached hydrogens (tertiary/aromatic N) is 1. The number of fused-ring (bicyclic) bond motifs is 1. The number of aryl methyl sites for hydroxylation is 2.